The summed E-state index contributed by atoms with van der Waals surface area (Å²) >= 11 is 0. The van der Waals surface area contributed by atoms with Crippen molar-refractivity contribution >= 4 is 19.9 Å². The van der Waals surface area contributed by atoms with Gasteiger partial charge in [0, 0.05) is 19.4 Å². The Bertz CT molecular complexity index is 387. The van der Waals surface area contributed by atoms with Gasteiger partial charge in [-0.3, -0.25) is 0 Å². The molecule has 8 heteroatoms. The molecular formula is C8H19NO5S2. The lowest BCUT2D eigenvalue weighted by Crippen LogP contribution is -2.33. The number of rotatable bonds is 8. The minimum absolute atomic E-state index is 0.00618. The zero-order valence-corrected chi connectivity index (χ0v) is 11.1. The molecule has 0 saturated heterocycles. The first-order chi connectivity index (χ1) is 7.16. The lowest BCUT2D eigenvalue weighted by Gasteiger charge is -2.11. The van der Waals surface area contributed by atoms with Gasteiger partial charge in [0.25, 0.3) is 0 Å². The van der Waals surface area contributed by atoms with Crippen LogP contribution in [-0.2, 0) is 19.9 Å². The van der Waals surface area contributed by atoms with Crippen LogP contribution < -0.4 is 4.72 Å². The van der Waals surface area contributed by atoms with E-state index in [-0.39, 0.29) is 24.8 Å². The zero-order valence-electron chi connectivity index (χ0n) is 9.51. The molecule has 0 rings (SSSR count). The summed E-state index contributed by atoms with van der Waals surface area (Å²) in [5, 5.41) is 8.62. The Morgan fingerprint density at radius 3 is 2.19 bits per heavy atom. The number of hydrogen-bond donors (Lipinski definition) is 2. The Labute approximate surface area is 97.0 Å². The lowest BCUT2D eigenvalue weighted by molar-refractivity contribution is 0.263. The van der Waals surface area contributed by atoms with E-state index < -0.39 is 25.6 Å². The number of sulfone groups is 1. The molecule has 0 aromatic heterocycles. The number of aliphatic hydroxyl groups is 1. The van der Waals surface area contributed by atoms with E-state index in [1.54, 1.807) is 6.92 Å². The fourth-order valence-corrected chi connectivity index (χ4v) is 3.70. The van der Waals surface area contributed by atoms with Gasteiger partial charge in [-0.2, -0.15) is 0 Å². The van der Waals surface area contributed by atoms with E-state index >= 15 is 0 Å². The first kappa shape index (κ1) is 15.8. The third-order valence-electron chi connectivity index (χ3n) is 2.00. The van der Waals surface area contributed by atoms with Crippen LogP contribution in [0.25, 0.3) is 0 Å². The Hall–Kier alpha value is -0.180. The summed E-state index contributed by atoms with van der Waals surface area (Å²) in [6.45, 7) is 2.02. The van der Waals surface area contributed by atoms with Crippen LogP contribution in [0.5, 0.6) is 0 Å². The minimum atomic E-state index is -3.54. The molecule has 0 fully saturated rings. The molecule has 0 aliphatic carbocycles. The van der Waals surface area contributed by atoms with Crippen LogP contribution in [0.4, 0.5) is 0 Å². The van der Waals surface area contributed by atoms with E-state index in [0.717, 1.165) is 6.26 Å². The van der Waals surface area contributed by atoms with Crippen molar-refractivity contribution in [1.82, 2.24) is 4.72 Å². The van der Waals surface area contributed by atoms with E-state index in [4.69, 9.17) is 5.11 Å². The van der Waals surface area contributed by atoms with Crippen molar-refractivity contribution in [1.29, 1.82) is 0 Å². The predicted molar refractivity (Wildman–Crippen MR) is 62.4 cm³/mol. The Morgan fingerprint density at radius 2 is 1.75 bits per heavy atom. The van der Waals surface area contributed by atoms with Crippen molar-refractivity contribution in [3.05, 3.63) is 0 Å². The Balaban J connectivity index is 4.07. The summed E-state index contributed by atoms with van der Waals surface area (Å²) in [5.74, 6) is -0.771. The molecule has 2 N–H and O–H groups in total. The van der Waals surface area contributed by atoms with Gasteiger partial charge in [0.05, 0.1) is 11.5 Å². The molecule has 1 unspecified atom stereocenters. The van der Waals surface area contributed by atoms with E-state index in [0.29, 0.717) is 6.42 Å². The third-order valence-corrected chi connectivity index (χ3v) is 4.55. The highest BCUT2D eigenvalue weighted by molar-refractivity contribution is 7.93. The van der Waals surface area contributed by atoms with E-state index in [1.807, 2.05) is 0 Å². The van der Waals surface area contributed by atoms with Crippen LogP contribution in [0.1, 0.15) is 13.3 Å². The summed E-state index contributed by atoms with van der Waals surface area (Å²) in [5.41, 5.74) is 0. The first-order valence-electron chi connectivity index (χ1n) is 4.92. The maximum Gasteiger partial charge on any atom is 0.212 e. The lowest BCUT2D eigenvalue weighted by atomic mass is 10.1. The molecule has 16 heavy (non-hydrogen) atoms. The average molecular weight is 273 g/mol. The third kappa shape index (κ3) is 9.08. The van der Waals surface area contributed by atoms with E-state index in [2.05, 4.69) is 4.72 Å². The molecule has 6 nitrogen and oxygen atoms in total. The summed E-state index contributed by atoms with van der Waals surface area (Å²) in [6.07, 6.45) is 1.51. The van der Waals surface area contributed by atoms with Gasteiger partial charge in [-0.05, 0) is 12.3 Å². The van der Waals surface area contributed by atoms with Crippen molar-refractivity contribution < 1.29 is 21.9 Å². The average Bonchev–Trinajstić information content (AvgIpc) is 2.12. The van der Waals surface area contributed by atoms with Crippen LogP contribution in [0, 0.1) is 5.92 Å². The van der Waals surface area contributed by atoms with Crippen LogP contribution in [0.15, 0.2) is 0 Å². The molecule has 0 bridgehead atoms. The quantitative estimate of drug-likeness (QED) is 0.589. The highest BCUT2D eigenvalue weighted by Crippen LogP contribution is 1.99. The summed E-state index contributed by atoms with van der Waals surface area (Å²) in [7, 11) is -6.80. The molecule has 0 aromatic carbocycles. The second kappa shape index (κ2) is 6.53. The highest BCUT2D eigenvalue weighted by Gasteiger charge is 2.15. The molecular weight excluding hydrogens is 254 g/mol. The standard InChI is InChI=1S/C8H19NO5S2/c1-8(3-4-10)7-9-16(13,14)6-5-15(2,11)12/h8-10H,3-7H2,1-2H3. The Morgan fingerprint density at radius 1 is 1.19 bits per heavy atom. The van der Waals surface area contributed by atoms with Crippen LogP contribution in [0.3, 0.4) is 0 Å². The summed E-state index contributed by atoms with van der Waals surface area (Å²) in [4.78, 5) is 0. The van der Waals surface area contributed by atoms with E-state index in [1.165, 1.54) is 0 Å². The molecule has 0 aliphatic heterocycles. The second-order valence-corrected chi connectivity index (χ2v) is 8.10. The van der Waals surface area contributed by atoms with Crippen LogP contribution in [-0.4, -0.2) is 52.9 Å². The molecule has 0 spiro atoms. The molecule has 0 radical (unpaired) electrons. The van der Waals surface area contributed by atoms with Crippen molar-refractivity contribution in [3.8, 4) is 0 Å². The van der Waals surface area contributed by atoms with E-state index in [9.17, 15) is 16.8 Å². The van der Waals surface area contributed by atoms with Gasteiger partial charge in [-0.1, -0.05) is 6.92 Å². The fourth-order valence-electron chi connectivity index (χ4n) is 0.925. The second-order valence-electron chi connectivity index (χ2n) is 3.91. The predicted octanol–water partition coefficient (Wildman–Crippen LogP) is -1.03. The summed E-state index contributed by atoms with van der Waals surface area (Å²) < 4.78 is 46.6. The minimum Gasteiger partial charge on any atom is -0.396 e. The van der Waals surface area contributed by atoms with Gasteiger partial charge in [0.2, 0.25) is 10.0 Å². The van der Waals surface area contributed by atoms with Gasteiger partial charge in [0.1, 0.15) is 9.84 Å². The van der Waals surface area contributed by atoms with Gasteiger partial charge in [-0.15, -0.1) is 0 Å². The molecule has 98 valence electrons. The molecule has 1 atom stereocenters. The molecule has 0 aliphatic rings. The normalized spacial score (nSPS) is 14.9. The van der Waals surface area contributed by atoms with Gasteiger partial charge in [-0.25, -0.2) is 21.6 Å². The van der Waals surface area contributed by atoms with Crippen LogP contribution in [0.2, 0.25) is 0 Å². The van der Waals surface area contributed by atoms with Gasteiger partial charge in [0.15, 0.2) is 0 Å². The van der Waals surface area contributed by atoms with Crippen molar-refractivity contribution in [2.45, 2.75) is 13.3 Å². The zero-order chi connectivity index (χ0) is 12.8. The largest absolute Gasteiger partial charge is 0.396 e. The highest BCUT2D eigenvalue weighted by atomic mass is 32.2. The first-order valence-corrected chi connectivity index (χ1v) is 8.63. The van der Waals surface area contributed by atoms with Gasteiger partial charge < -0.3 is 5.11 Å². The monoisotopic (exact) mass is 273 g/mol. The SMILES string of the molecule is CC(CCO)CNS(=O)(=O)CCS(C)(=O)=O. The molecule has 0 heterocycles. The number of aliphatic hydroxyl groups excluding tert-OH is 1. The summed E-state index contributed by atoms with van der Waals surface area (Å²) in [6, 6.07) is 0. The van der Waals surface area contributed by atoms with Crippen molar-refractivity contribution in [2.75, 3.05) is 30.9 Å². The Kier molecular flexibility index (Phi) is 6.46. The maximum atomic E-state index is 11.3. The number of sulfonamides is 1. The topological polar surface area (TPSA) is 101 Å². The van der Waals surface area contributed by atoms with Crippen molar-refractivity contribution in [3.63, 3.8) is 0 Å². The molecule has 0 aromatic rings. The smallest absolute Gasteiger partial charge is 0.212 e. The number of nitrogens with one attached hydrogen (secondary N) is 1. The molecule has 0 saturated carbocycles. The fraction of sp³-hybridized carbons (Fsp3) is 1.00. The number of hydrogen-bond acceptors (Lipinski definition) is 5. The maximum absolute atomic E-state index is 11.3. The molecule has 0 amide bonds. The van der Waals surface area contributed by atoms with Crippen LogP contribution >= 0.6 is 0 Å². The van der Waals surface area contributed by atoms with Crippen molar-refractivity contribution in [2.24, 2.45) is 5.92 Å². The van der Waals surface area contributed by atoms with Gasteiger partial charge >= 0.3 is 0 Å².